The Morgan fingerprint density at radius 3 is 1.35 bits per heavy atom. The summed E-state index contributed by atoms with van der Waals surface area (Å²) in [4.78, 5) is 15.5. The van der Waals surface area contributed by atoms with E-state index in [2.05, 4.69) is 196 Å². The van der Waals surface area contributed by atoms with Crippen LogP contribution in [0.2, 0.25) is 0 Å². The van der Waals surface area contributed by atoms with Crippen LogP contribution in [0, 0.1) is 0 Å². The van der Waals surface area contributed by atoms with Gasteiger partial charge in [0.2, 0.25) is 5.95 Å². The average molecular weight is 805 g/mol. The van der Waals surface area contributed by atoms with Crippen LogP contribution in [0.15, 0.2) is 218 Å². The molecule has 0 radical (unpaired) electrons. The van der Waals surface area contributed by atoms with Crippen LogP contribution in [-0.2, 0) is 0 Å². The molecule has 0 saturated carbocycles. The van der Waals surface area contributed by atoms with E-state index in [1.807, 2.05) is 36.4 Å². The van der Waals surface area contributed by atoms with Gasteiger partial charge in [-0.1, -0.05) is 158 Å². The molecule has 0 aliphatic carbocycles. The van der Waals surface area contributed by atoms with Crippen molar-refractivity contribution in [2.75, 3.05) is 0 Å². The monoisotopic (exact) mass is 804 g/mol. The second-order valence-electron chi connectivity index (χ2n) is 16.0. The summed E-state index contributed by atoms with van der Waals surface area (Å²) in [6.07, 6.45) is 0. The van der Waals surface area contributed by atoms with Crippen molar-refractivity contribution in [3.63, 3.8) is 0 Å². The molecular weight excluding hydrogens is 769 g/mol. The van der Waals surface area contributed by atoms with Crippen molar-refractivity contribution in [3.8, 4) is 51.2 Å². The number of nitrogens with zero attached hydrogens (tertiary/aromatic N) is 6. The van der Waals surface area contributed by atoms with Gasteiger partial charge < -0.3 is 9.13 Å². The maximum absolute atomic E-state index is 5.23. The van der Waals surface area contributed by atoms with E-state index in [0.717, 1.165) is 66.5 Å². The fourth-order valence-electron chi connectivity index (χ4n) is 9.73. The van der Waals surface area contributed by atoms with Gasteiger partial charge in [0.05, 0.1) is 33.1 Å². The smallest absolute Gasteiger partial charge is 0.238 e. The van der Waals surface area contributed by atoms with Gasteiger partial charge in [-0.2, -0.15) is 9.97 Å². The summed E-state index contributed by atoms with van der Waals surface area (Å²) in [5, 5.41) is 7.11. The molecule has 0 saturated heterocycles. The second-order valence-corrected chi connectivity index (χ2v) is 16.0. The number of para-hydroxylation sites is 5. The number of rotatable bonds is 6. The van der Waals surface area contributed by atoms with E-state index in [0.29, 0.717) is 17.6 Å². The first-order valence-electron chi connectivity index (χ1n) is 21.3. The van der Waals surface area contributed by atoms with Crippen molar-refractivity contribution in [1.29, 1.82) is 0 Å². The van der Waals surface area contributed by atoms with Crippen molar-refractivity contribution in [1.82, 2.24) is 28.7 Å². The van der Waals surface area contributed by atoms with Gasteiger partial charge in [0, 0.05) is 60.4 Å². The van der Waals surface area contributed by atoms with Crippen molar-refractivity contribution in [3.05, 3.63) is 218 Å². The lowest BCUT2D eigenvalue weighted by Crippen LogP contribution is -2.06. The molecule has 0 aliphatic heterocycles. The fourth-order valence-corrected chi connectivity index (χ4v) is 9.73. The second kappa shape index (κ2) is 14.0. The lowest BCUT2D eigenvalue weighted by atomic mass is 10.00. The molecule has 0 aliphatic rings. The van der Waals surface area contributed by atoms with E-state index < -0.39 is 0 Å². The highest BCUT2D eigenvalue weighted by atomic mass is 15.2. The Hall–Kier alpha value is -8.61. The van der Waals surface area contributed by atoms with Crippen molar-refractivity contribution < 1.29 is 0 Å². The Bertz CT molecular complexity index is 3840. The first-order chi connectivity index (χ1) is 31.3. The van der Waals surface area contributed by atoms with Gasteiger partial charge in [-0.3, -0.25) is 4.57 Å². The highest BCUT2D eigenvalue weighted by Crippen LogP contribution is 2.42. The molecule has 63 heavy (non-hydrogen) atoms. The van der Waals surface area contributed by atoms with E-state index in [1.54, 1.807) is 0 Å². The molecule has 4 aromatic heterocycles. The Labute approximate surface area is 362 Å². The zero-order valence-electron chi connectivity index (χ0n) is 34.0. The molecule has 6 heteroatoms. The van der Waals surface area contributed by atoms with Crippen molar-refractivity contribution in [2.45, 2.75) is 0 Å². The van der Waals surface area contributed by atoms with Crippen LogP contribution in [0.4, 0.5) is 0 Å². The van der Waals surface area contributed by atoms with Gasteiger partial charge in [0.15, 0.2) is 11.6 Å². The Kier molecular flexibility index (Phi) is 7.80. The summed E-state index contributed by atoms with van der Waals surface area (Å²) < 4.78 is 7.02. The lowest BCUT2D eigenvalue weighted by Gasteiger charge is -2.13. The zero-order valence-corrected chi connectivity index (χ0v) is 34.0. The molecule has 0 N–H and O–H groups in total. The van der Waals surface area contributed by atoms with Crippen molar-refractivity contribution in [2.24, 2.45) is 0 Å². The molecule has 0 spiro atoms. The molecule has 9 aromatic carbocycles. The summed E-state index contributed by atoms with van der Waals surface area (Å²) in [5.74, 6) is 1.82. The van der Waals surface area contributed by atoms with Crippen LogP contribution in [0.25, 0.3) is 117 Å². The van der Waals surface area contributed by atoms with Crippen LogP contribution in [0.5, 0.6) is 0 Å². The van der Waals surface area contributed by atoms with E-state index in [1.165, 1.54) is 32.6 Å². The normalized spacial score (nSPS) is 11.8. The highest BCUT2D eigenvalue weighted by molar-refractivity contribution is 6.16. The maximum atomic E-state index is 5.23. The summed E-state index contributed by atoms with van der Waals surface area (Å²) >= 11 is 0. The largest absolute Gasteiger partial charge is 0.309 e. The summed E-state index contributed by atoms with van der Waals surface area (Å²) in [6, 6.07) is 77.4. The molecule has 6 nitrogen and oxygen atoms in total. The average Bonchev–Trinajstić information content (AvgIpc) is 4.00. The first kappa shape index (κ1) is 35.2. The van der Waals surface area contributed by atoms with Crippen LogP contribution >= 0.6 is 0 Å². The number of fused-ring (bicyclic) bond motifs is 9. The Morgan fingerprint density at radius 2 is 0.730 bits per heavy atom. The predicted molar refractivity (Wildman–Crippen MR) is 259 cm³/mol. The molecule has 13 aromatic rings. The highest BCUT2D eigenvalue weighted by Gasteiger charge is 2.22. The minimum absolute atomic E-state index is 0.572. The van der Waals surface area contributed by atoms with Gasteiger partial charge in [0.1, 0.15) is 0 Å². The number of hydrogen-bond donors (Lipinski definition) is 0. The SMILES string of the molecule is c1ccc(-c2nc(-c3ccccc3)nc(-n3c4ccccc4c4cccc(-c5ccc6c(c5)c5ccccc5n6-c5ccc6c(c5)c5ccccc5n6-c5ccccc5)c43)n2)cc1. The minimum Gasteiger partial charge on any atom is -0.309 e. The maximum Gasteiger partial charge on any atom is 0.238 e. The summed E-state index contributed by atoms with van der Waals surface area (Å²) in [7, 11) is 0. The molecule has 0 unspecified atom stereocenters. The van der Waals surface area contributed by atoms with E-state index in [-0.39, 0.29) is 0 Å². The van der Waals surface area contributed by atoms with E-state index in [9.17, 15) is 0 Å². The summed E-state index contributed by atoms with van der Waals surface area (Å²) in [6.45, 7) is 0. The lowest BCUT2D eigenvalue weighted by molar-refractivity contribution is 0.954. The number of aromatic nitrogens is 6. The quantitative estimate of drug-likeness (QED) is 0.168. The molecule has 0 atom stereocenters. The van der Waals surface area contributed by atoms with Crippen molar-refractivity contribution >= 4 is 65.4 Å². The molecule has 0 amide bonds. The zero-order chi connectivity index (χ0) is 41.4. The molecule has 294 valence electrons. The molecule has 13 rings (SSSR count). The predicted octanol–water partition coefficient (Wildman–Crippen LogP) is 14.2. The molecule has 4 heterocycles. The topological polar surface area (TPSA) is 53.5 Å². The van der Waals surface area contributed by atoms with Gasteiger partial charge in [-0.05, 0) is 66.2 Å². The third-order valence-electron chi connectivity index (χ3n) is 12.5. The van der Waals surface area contributed by atoms with Crippen LogP contribution in [0.1, 0.15) is 0 Å². The minimum atomic E-state index is 0.572. The number of benzene rings is 9. The van der Waals surface area contributed by atoms with Gasteiger partial charge in [-0.25, -0.2) is 4.98 Å². The van der Waals surface area contributed by atoms with Gasteiger partial charge >= 0.3 is 0 Å². The van der Waals surface area contributed by atoms with Crippen LogP contribution < -0.4 is 0 Å². The molecular formula is C57H36N6. The fraction of sp³-hybridized carbons (Fsp3) is 0. The number of hydrogen-bond acceptors (Lipinski definition) is 3. The molecule has 0 bridgehead atoms. The molecule has 0 fully saturated rings. The third-order valence-corrected chi connectivity index (χ3v) is 12.5. The Balaban J connectivity index is 1.03. The van der Waals surface area contributed by atoms with E-state index in [4.69, 9.17) is 15.0 Å². The van der Waals surface area contributed by atoms with Crippen LogP contribution in [-0.4, -0.2) is 28.7 Å². The standard InChI is InChI=1S/C57H36N6/c1-4-17-37(18-5-1)55-58-56(38-19-6-2-7-20-38)60-57(59-55)63-51-30-15-10-23-43(51)46-27-16-26-42(54(46)63)39-31-33-52-47(35-39)44-24-11-14-29-50(44)62(52)41-32-34-53-48(36-41)45-25-12-13-28-49(45)61(53)40-21-8-3-9-22-40/h1-36H. The van der Waals surface area contributed by atoms with E-state index >= 15 is 0 Å². The Morgan fingerprint density at radius 1 is 0.270 bits per heavy atom. The van der Waals surface area contributed by atoms with Crippen LogP contribution in [0.3, 0.4) is 0 Å². The summed E-state index contributed by atoms with van der Waals surface area (Å²) in [5.41, 5.74) is 13.1. The first-order valence-corrected chi connectivity index (χ1v) is 21.3. The van der Waals surface area contributed by atoms with Gasteiger partial charge in [0.25, 0.3) is 0 Å². The third kappa shape index (κ3) is 5.48. The van der Waals surface area contributed by atoms with Gasteiger partial charge in [-0.15, -0.1) is 0 Å².